The van der Waals surface area contributed by atoms with E-state index in [4.69, 9.17) is 4.74 Å². The molecule has 0 aliphatic carbocycles. The van der Waals surface area contributed by atoms with Gasteiger partial charge in [0.05, 0.1) is 0 Å². The molecule has 2 N–H and O–H groups in total. The maximum Gasteiger partial charge on any atom is 0.165 e. The predicted molar refractivity (Wildman–Crippen MR) is 77.7 cm³/mol. The van der Waals surface area contributed by atoms with Crippen molar-refractivity contribution in [2.45, 2.75) is 12.5 Å². The first-order chi connectivity index (χ1) is 10.2. The van der Waals surface area contributed by atoms with Gasteiger partial charge < -0.3 is 19.7 Å². The van der Waals surface area contributed by atoms with Crippen LogP contribution in [0.15, 0.2) is 36.7 Å². The molecule has 0 fully saturated rings. The number of hydrogen-bond acceptors (Lipinski definition) is 4. The van der Waals surface area contributed by atoms with E-state index in [0.717, 1.165) is 12.2 Å². The second-order valence-electron chi connectivity index (χ2n) is 4.80. The average Bonchev–Trinajstić information content (AvgIpc) is 2.88. The van der Waals surface area contributed by atoms with Crippen LogP contribution < -0.4 is 10.1 Å². The van der Waals surface area contributed by atoms with Crippen LogP contribution in [0, 0.1) is 5.82 Å². The Morgan fingerprint density at radius 3 is 2.95 bits per heavy atom. The third-order valence-corrected chi connectivity index (χ3v) is 3.09. The molecule has 1 aromatic carbocycles. The van der Waals surface area contributed by atoms with Crippen LogP contribution in [0.1, 0.15) is 5.82 Å². The number of ether oxygens (including phenoxy) is 1. The van der Waals surface area contributed by atoms with Crippen LogP contribution in [0.25, 0.3) is 0 Å². The van der Waals surface area contributed by atoms with Crippen molar-refractivity contribution in [2.75, 3.05) is 19.7 Å². The van der Waals surface area contributed by atoms with Gasteiger partial charge in [0.15, 0.2) is 11.6 Å². The number of para-hydroxylation sites is 1. The van der Waals surface area contributed by atoms with Gasteiger partial charge in [-0.3, -0.25) is 0 Å². The third-order valence-electron chi connectivity index (χ3n) is 3.09. The van der Waals surface area contributed by atoms with Crippen molar-refractivity contribution < 1.29 is 14.2 Å². The fraction of sp³-hybridized carbons (Fsp3) is 0.400. The van der Waals surface area contributed by atoms with Crippen LogP contribution in [0.3, 0.4) is 0 Å². The number of hydrogen-bond donors (Lipinski definition) is 2. The van der Waals surface area contributed by atoms with Crippen LogP contribution in [0.2, 0.25) is 0 Å². The highest BCUT2D eigenvalue weighted by Crippen LogP contribution is 2.15. The summed E-state index contributed by atoms with van der Waals surface area (Å²) in [5, 5.41) is 12.9. The minimum atomic E-state index is -0.689. The SMILES string of the molecule is Cn1ccnc1CCNCC(O)COc1ccccc1F. The van der Waals surface area contributed by atoms with Crippen molar-refractivity contribution in [2.24, 2.45) is 7.05 Å². The Bertz CT molecular complexity index is 559. The van der Waals surface area contributed by atoms with Gasteiger partial charge in [-0.2, -0.15) is 0 Å². The number of aliphatic hydroxyl groups is 1. The van der Waals surface area contributed by atoms with Gasteiger partial charge in [-0.1, -0.05) is 12.1 Å². The molecule has 114 valence electrons. The summed E-state index contributed by atoms with van der Waals surface area (Å²) in [4.78, 5) is 4.21. The van der Waals surface area contributed by atoms with E-state index in [1.54, 1.807) is 18.3 Å². The monoisotopic (exact) mass is 293 g/mol. The number of nitrogens with zero attached hydrogens (tertiary/aromatic N) is 2. The fourth-order valence-corrected chi connectivity index (χ4v) is 1.91. The lowest BCUT2D eigenvalue weighted by Crippen LogP contribution is -2.32. The van der Waals surface area contributed by atoms with Gasteiger partial charge >= 0.3 is 0 Å². The molecule has 0 spiro atoms. The summed E-state index contributed by atoms with van der Waals surface area (Å²) in [6, 6.07) is 6.15. The van der Waals surface area contributed by atoms with Gasteiger partial charge in [0.25, 0.3) is 0 Å². The lowest BCUT2D eigenvalue weighted by atomic mass is 10.3. The number of imidazole rings is 1. The van der Waals surface area contributed by atoms with Crippen molar-refractivity contribution >= 4 is 0 Å². The summed E-state index contributed by atoms with van der Waals surface area (Å²) < 4.78 is 20.5. The van der Waals surface area contributed by atoms with Crippen molar-refractivity contribution in [3.8, 4) is 5.75 Å². The van der Waals surface area contributed by atoms with Crippen molar-refractivity contribution in [3.05, 3.63) is 48.3 Å². The molecule has 2 rings (SSSR count). The van der Waals surface area contributed by atoms with E-state index in [0.29, 0.717) is 13.1 Å². The van der Waals surface area contributed by atoms with E-state index >= 15 is 0 Å². The van der Waals surface area contributed by atoms with Crippen molar-refractivity contribution in [1.82, 2.24) is 14.9 Å². The van der Waals surface area contributed by atoms with E-state index in [1.807, 2.05) is 17.8 Å². The summed E-state index contributed by atoms with van der Waals surface area (Å²) >= 11 is 0. The number of aryl methyl sites for hydroxylation is 1. The molecule has 1 aromatic heterocycles. The van der Waals surface area contributed by atoms with Crippen molar-refractivity contribution in [1.29, 1.82) is 0 Å². The van der Waals surface area contributed by atoms with Gasteiger partial charge in [-0.05, 0) is 12.1 Å². The molecule has 0 aliphatic rings. The Morgan fingerprint density at radius 1 is 1.43 bits per heavy atom. The fourth-order valence-electron chi connectivity index (χ4n) is 1.91. The van der Waals surface area contributed by atoms with Gasteiger partial charge in [0.1, 0.15) is 18.5 Å². The largest absolute Gasteiger partial charge is 0.488 e. The molecule has 1 unspecified atom stereocenters. The Labute approximate surface area is 123 Å². The van der Waals surface area contributed by atoms with Crippen molar-refractivity contribution in [3.63, 3.8) is 0 Å². The normalized spacial score (nSPS) is 12.3. The van der Waals surface area contributed by atoms with E-state index in [9.17, 15) is 9.50 Å². The summed E-state index contributed by atoms with van der Waals surface area (Å²) in [5.41, 5.74) is 0. The Hall–Kier alpha value is -1.92. The Morgan fingerprint density at radius 2 is 2.24 bits per heavy atom. The molecule has 0 bridgehead atoms. The standard InChI is InChI=1S/C15H20FN3O2/c1-19-9-8-18-15(19)6-7-17-10-12(20)11-21-14-5-3-2-4-13(14)16/h2-5,8-9,12,17,20H,6-7,10-11H2,1H3. The highest BCUT2D eigenvalue weighted by molar-refractivity contribution is 5.23. The zero-order valence-electron chi connectivity index (χ0n) is 12.0. The summed E-state index contributed by atoms with van der Waals surface area (Å²) in [6.07, 6.45) is 3.74. The molecule has 1 atom stereocenters. The number of aromatic nitrogens is 2. The number of halogens is 1. The minimum absolute atomic E-state index is 0.0519. The second kappa shape index (κ2) is 7.75. The predicted octanol–water partition coefficient (Wildman–Crippen LogP) is 1.13. The van der Waals surface area contributed by atoms with Gasteiger partial charge in [0.2, 0.25) is 0 Å². The first-order valence-corrected chi connectivity index (χ1v) is 6.89. The zero-order valence-corrected chi connectivity index (χ0v) is 12.0. The Balaban J connectivity index is 1.63. The summed E-state index contributed by atoms with van der Waals surface area (Å²) in [5.74, 6) is 0.719. The summed E-state index contributed by atoms with van der Waals surface area (Å²) in [6.45, 7) is 1.15. The third kappa shape index (κ3) is 4.84. The van der Waals surface area contributed by atoms with Crippen LogP contribution in [-0.2, 0) is 13.5 Å². The molecule has 0 saturated heterocycles. The quantitative estimate of drug-likeness (QED) is 0.716. The van der Waals surface area contributed by atoms with E-state index < -0.39 is 11.9 Å². The number of benzene rings is 1. The number of nitrogens with one attached hydrogen (secondary N) is 1. The molecule has 5 nitrogen and oxygen atoms in total. The van der Waals surface area contributed by atoms with Crippen LogP contribution in [0.5, 0.6) is 5.75 Å². The lowest BCUT2D eigenvalue weighted by Gasteiger charge is -2.13. The molecular weight excluding hydrogens is 273 g/mol. The first-order valence-electron chi connectivity index (χ1n) is 6.89. The minimum Gasteiger partial charge on any atom is -0.488 e. The molecule has 1 heterocycles. The zero-order chi connectivity index (χ0) is 15.1. The number of rotatable bonds is 8. The van der Waals surface area contributed by atoms with Crippen LogP contribution >= 0.6 is 0 Å². The van der Waals surface area contributed by atoms with Gasteiger partial charge in [0, 0.05) is 39.0 Å². The number of aliphatic hydroxyl groups excluding tert-OH is 1. The first kappa shape index (κ1) is 15.5. The molecular formula is C15H20FN3O2. The van der Waals surface area contributed by atoms with Gasteiger partial charge in [-0.15, -0.1) is 0 Å². The van der Waals surface area contributed by atoms with E-state index in [2.05, 4.69) is 10.3 Å². The molecule has 0 aliphatic heterocycles. The lowest BCUT2D eigenvalue weighted by molar-refractivity contribution is 0.104. The second-order valence-corrected chi connectivity index (χ2v) is 4.80. The molecule has 6 heteroatoms. The summed E-state index contributed by atoms with van der Waals surface area (Å²) in [7, 11) is 1.94. The maximum atomic E-state index is 13.3. The highest BCUT2D eigenvalue weighted by atomic mass is 19.1. The average molecular weight is 293 g/mol. The molecule has 0 amide bonds. The Kier molecular flexibility index (Phi) is 5.71. The molecule has 21 heavy (non-hydrogen) atoms. The molecule has 2 aromatic rings. The van der Waals surface area contributed by atoms with E-state index in [1.165, 1.54) is 12.1 Å². The molecule has 0 radical (unpaired) electrons. The molecule has 0 saturated carbocycles. The topological polar surface area (TPSA) is 59.3 Å². The van der Waals surface area contributed by atoms with Crippen LogP contribution in [-0.4, -0.2) is 40.5 Å². The smallest absolute Gasteiger partial charge is 0.165 e. The van der Waals surface area contributed by atoms with Gasteiger partial charge in [-0.25, -0.2) is 9.37 Å². The highest BCUT2D eigenvalue weighted by Gasteiger charge is 2.07. The van der Waals surface area contributed by atoms with E-state index in [-0.39, 0.29) is 12.4 Å². The maximum absolute atomic E-state index is 13.3. The van der Waals surface area contributed by atoms with Crippen LogP contribution in [0.4, 0.5) is 4.39 Å².